The molecular formula is C13H24N2OS. The normalized spacial score (nSPS) is 12.9. The second kappa shape index (κ2) is 8.61. The standard InChI is InChI=1S/C13H24N2OS/c1-4-5-12(9-14-6-7-16-3)8-13-10-15-11(2)17-13/h10,12,14H,4-9H2,1-3H3. The molecule has 98 valence electrons. The van der Waals surface area contributed by atoms with E-state index in [0.29, 0.717) is 0 Å². The number of hydrogen-bond donors (Lipinski definition) is 1. The summed E-state index contributed by atoms with van der Waals surface area (Å²) in [5.74, 6) is 0.719. The summed E-state index contributed by atoms with van der Waals surface area (Å²) >= 11 is 1.82. The lowest BCUT2D eigenvalue weighted by molar-refractivity contribution is 0.197. The van der Waals surface area contributed by atoms with Crippen LogP contribution in [-0.4, -0.2) is 31.8 Å². The van der Waals surface area contributed by atoms with E-state index in [1.165, 1.54) is 22.7 Å². The number of aryl methyl sites for hydroxylation is 1. The molecule has 0 bridgehead atoms. The molecule has 1 heterocycles. The molecule has 0 saturated heterocycles. The van der Waals surface area contributed by atoms with Crippen molar-refractivity contribution in [1.29, 1.82) is 0 Å². The minimum Gasteiger partial charge on any atom is -0.383 e. The van der Waals surface area contributed by atoms with Crippen molar-refractivity contribution in [1.82, 2.24) is 10.3 Å². The largest absolute Gasteiger partial charge is 0.383 e. The van der Waals surface area contributed by atoms with Crippen molar-refractivity contribution in [3.8, 4) is 0 Å². The summed E-state index contributed by atoms with van der Waals surface area (Å²) in [5, 5.41) is 4.63. The Hall–Kier alpha value is -0.450. The Morgan fingerprint density at radius 2 is 2.35 bits per heavy atom. The van der Waals surface area contributed by atoms with Crippen molar-refractivity contribution in [2.45, 2.75) is 33.1 Å². The average Bonchev–Trinajstić information content (AvgIpc) is 2.70. The Morgan fingerprint density at radius 3 is 2.94 bits per heavy atom. The molecule has 0 spiro atoms. The molecule has 1 N–H and O–H groups in total. The first-order valence-corrected chi connectivity index (χ1v) is 7.18. The van der Waals surface area contributed by atoms with Crippen molar-refractivity contribution >= 4 is 11.3 Å². The van der Waals surface area contributed by atoms with E-state index in [2.05, 4.69) is 24.1 Å². The third-order valence-corrected chi connectivity index (χ3v) is 3.71. The van der Waals surface area contributed by atoms with E-state index in [0.717, 1.165) is 32.0 Å². The molecule has 1 unspecified atom stereocenters. The Balaban J connectivity index is 2.32. The van der Waals surface area contributed by atoms with Gasteiger partial charge in [-0.2, -0.15) is 0 Å². The predicted octanol–water partition coefficient (Wildman–Crippen LogP) is 2.65. The van der Waals surface area contributed by atoms with Gasteiger partial charge in [-0.15, -0.1) is 11.3 Å². The first kappa shape index (κ1) is 14.6. The summed E-state index contributed by atoms with van der Waals surface area (Å²) in [6, 6.07) is 0. The predicted molar refractivity (Wildman–Crippen MR) is 73.7 cm³/mol. The van der Waals surface area contributed by atoms with Crippen LogP contribution in [0.5, 0.6) is 0 Å². The zero-order chi connectivity index (χ0) is 12.5. The van der Waals surface area contributed by atoms with Crippen LogP contribution in [0.1, 0.15) is 29.7 Å². The van der Waals surface area contributed by atoms with Crippen molar-refractivity contribution in [2.24, 2.45) is 5.92 Å². The van der Waals surface area contributed by atoms with Gasteiger partial charge in [0.2, 0.25) is 0 Å². The topological polar surface area (TPSA) is 34.1 Å². The fraction of sp³-hybridized carbons (Fsp3) is 0.769. The Labute approximate surface area is 109 Å². The number of hydrogen-bond acceptors (Lipinski definition) is 4. The molecular weight excluding hydrogens is 232 g/mol. The summed E-state index contributed by atoms with van der Waals surface area (Å²) in [4.78, 5) is 5.73. The Bertz CT molecular complexity index is 301. The van der Waals surface area contributed by atoms with Crippen LogP contribution in [0.2, 0.25) is 0 Å². The number of aromatic nitrogens is 1. The quantitative estimate of drug-likeness (QED) is 0.690. The highest BCUT2D eigenvalue weighted by Crippen LogP contribution is 2.18. The van der Waals surface area contributed by atoms with Crippen LogP contribution in [0.25, 0.3) is 0 Å². The van der Waals surface area contributed by atoms with Gasteiger partial charge in [0.25, 0.3) is 0 Å². The van der Waals surface area contributed by atoms with Gasteiger partial charge in [0.15, 0.2) is 0 Å². The van der Waals surface area contributed by atoms with Crippen LogP contribution >= 0.6 is 11.3 Å². The van der Waals surface area contributed by atoms with Gasteiger partial charge in [-0.1, -0.05) is 13.3 Å². The smallest absolute Gasteiger partial charge is 0.0896 e. The Kier molecular flexibility index (Phi) is 7.40. The third-order valence-electron chi connectivity index (χ3n) is 2.77. The summed E-state index contributed by atoms with van der Waals surface area (Å²) < 4.78 is 5.03. The summed E-state index contributed by atoms with van der Waals surface area (Å²) in [6.07, 6.45) is 5.70. The number of rotatable bonds is 9. The van der Waals surface area contributed by atoms with Crippen molar-refractivity contribution in [2.75, 3.05) is 26.8 Å². The number of ether oxygens (including phenoxy) is 1. The van der Waals surface area contributed by atoms with Crippen LogP contribution in [0, 0.1) is 12.8 Å². The van der Waals surface area contributed by atoms with Gasteiger partial charge in [-0.25, -0.2) is 4.98 Å². The molecule has 1 aromatic heterocycles. The van der Waals surface area contributed by atoms with Crippen molar-refractivity contribution in [3.05, 3.63) is 16.1 Å². The summed E-state index contributed by atoms with van der Waals surface area (Å²) in [7, 11) is 1.74. The van der Waals surface area contributed by atoms with Gasteiger partial charge in [0.05, 0.1) is 11.6 Å². The summed E-state index contributed by atoms with van der Waals surface area (Å²) in [5.41, 5.74) is 0. The van der Waals surface area contributed by atoms with E-state index in [4.69, 9.17) is 4.74 Å². The van der Waals surface area contributed by atoms with Gasteiger partial charge < -0.3 is 10.1 Å². The molecule has 1 rings (SSSR count). The molecule has 3 nitrogen and oxygen atoms in total. The lowest BCUT2D eigenvalue weighted by Gasteiger charge is -2.15. The molecule has 1 aromatic rings. The van der Waals surface area contributed by atoms with E-state index in [9.17, 15) is 0 Å². The maximum absolute atomic E-state index is 5.03. The number of nitrogens with one attached hydrogen (secondary N) is 1. The maximum atomic E-state index is 5.03. The fourth-order valence-electron chi connectivity index (χ4n) is 1.95. The van der Waals surface area contributed by atoms with Gasteiger partial charge in [0.1, 0.15) is 0 Å². The van der Waals surface area contributed by atoms with Crippen LogP contribution in [-0.2, 0) is 11.2 Å². The molecule has 0 aliphatic heterocycles. The molecule has 0 radical (unpaired) electrons. The lowest BCUT2D eigenvalue weighted by Crippen LogP contribution is -2.27. The monoisotopic (exact) mass is 256 g/mol. The number of methoxy groups -OCH3 is 1. The van der Waals surface area contributed by atoms with Crippen molar-refractivity contribution in [3.63, 3.8) is 0 Å². The zero-order valence-corrected chi connectivity index (χ0v) is 12.0. The highest BCUT2D eigenvalue weighted by Gasteiger charge is 2.10. The van der Waals surface area contributed by atoms with E-state index < -0.39 is 0 Å². The first-order valence-electron chi connectivity index (χ1n) is 6.37. The van der Waals surface area contributed by atoms with E-state index in [1.807, 2.05) is 17.5 Å². The second-order valence-corrected chi connectivity index (χ2v) is 5.72. The fourth-order valence-corrected chi connectivity index (χ4v) is 2.86. The molecule has 0 aromatic carbocycles. The van der Waals surface area contributed by atoms with E-state index in [1.54, 1.807) is 7.11 Å². The molecule has 1 atom stereocenters. The molecule has 0 amide bonds. The molecule has 17 heavy (non-hydrogen) atoms. The van der Waals surface area contributed by atoms with Crippen LogP contribution in [0.4, 0.5) is 0 Å². The second-order valence-electron chi connectivity index (χ2n) is 4.40. The molecule has 0 aliphatic carbocycles. The molecule has 0 aliphatic rings. The van der Waals surface area contributed by atoms with Crippen LogP contribution in [0.3, 0.4) is 0 Å². The average molecular weight is 256 g/mol. The van der Waals surface area contributed by atoms with Crippen LogP contribution in [0.15, 0.2) is 6.20 Å². The van der Waals surface area contributed by atoms with Gasteiger partial charge in [-0.3, -0.25) is 0 Å². The SMILES string of the molecule is CCCC(CNCCOC)Cc1cnc(C)s1. The van der Waals surface area contributed by atoms with Crippen LogP contribution < -0.4 is 5.32 Å². The third kappa shape index (κ3) is 6.15. The molecule has 0 fully saturated rings. The lowest BCUT2D eigenvalue weighted by atomic mass is 9.99. The minimum absolute atomic E-state index is 0.719. The van der Waals surface area contributed by atoms with E-state index in [-0.39, 0.29) is 0 Å². The zero-order valence-electron chi connectivity index (χ0n) is 11.2. The highest BCUT2D eigenvalue weighted by atomic mass is 32.1. The van der Waals surface area contributed by atoms with Gasteiger partial charge in [-0.05, 0) is 32.2 Å². The maximum Gasteiger partial charge on any atom is 0.0896 e. The molecule has 0 saturated carbocycles. The number of nitrogens with zero attached hydrogens (tertiary/aromatic N) is 1. The van der Waals surface area contributed by atoms with Crippen molar-refractivity contribution < 1.29 is 4.74 Å². The van der Waals surface area contributed by atoms with Gasteiger partial charge in [0, 0.05) is 24.7 Å². The summed E-state index contributed by atoms with van der Waals surface area (Å²) in [6.45, 7) is 7.13. The minimum atomic E-state index is 0.719. The Morgan fingerprint density at radius 1 is 1.53 bits per heavy atom. The van der Waals surface area contributed by atoms with Gasteiger partial charge >= 0.3 is 0 Å². The van der Waals surface area contributed by atoms with E-state index >= 15 is 0 Å². The first-order chi connectivity index (χ1) is 8.26. The number of thiazole rings is 1. The highest BCUT2D eigenvalue weighted by molar-refractivity contribution is 7.11. The molecule has 4 heteroatoms.